The maximum Gasteiger partial charge on any atom is 0.325 e. The van der Waals surface area contributed by atoms with Crippen LogP contribution in [0.3, 0.4) is 0 Å². The van der Waals surface area contributed by atoms with Crippen molar-refractivity contribution in [3.63, 3.8) is 0 Å². The molecule has 0 aliphatic heterocycles. The summed E-state index contributed by atoms with van der Waals surface area (Å²) >= 11 is 12.3. The lowest BCUT2D eigenvalue weighted by atomic mass is 9.76. The van der Waals surface area contributed by atoms with Gasteiger partial charge in [0, 0.05) is 27.7 Å². The molecular weight excluding hydrogens is 407 g/mol. The Morgan fingerprint density at radius 2 is 1.55 bits per heavy atom. The predicted octanol–water partition coefficient (Wildman–Crippen LogP) is 5.40. The van der Waals surface area contributed by atoms with E-state index in [0.717, 1.165) is 36.9 Å². The first-order chi connectivity index (χ1) is 14.0. The van der Waals surface area contributed by atoms with Gasteiger partial charge in [-0.15, -0.1) is 0 Å². The number of H-pyrrole nitrogens is 2. The minimum absolute atomic E-state index is 0.158. The normalized spacial score (nSPS) is 19.2. The van der Waals surface area contributed by atoms with Crippen LogP contribution in [0.5, 0.6) is 0 Å². The molecule has 6 heteroatoms. The van der Waals surface area contributed by atoms with Gasteiger partial charge >= 0.3 is 5.69 Å². The van der Waals surface area contributed by atoms with Gasteiger partial charge in [0.05, 0.1) is 0 Å². The van der Waals surface area contributed by atoms with E-state index >= 15 is 0 Å². The summed E-state index contributed by atoms with van der Waals surface area (Å²) in [6.45, 7) is 0. The molecule has 2 aromatic carbocycles. The molecule has 1 aliphatic rings. The van der Waals surface area contributed by atoms with Gasteiger partial charge in [-0.05, 0) is 60.8 Å². The summed E-state index contributed by atoms with van der Waals surface area (Å²) in [6, 6.07) is 15.8. The van der Waals surface area contributed by atoms with Gasteiger partial charge in [0.25, 0.3) is 5.56 Å². The fourth-order valence-electron chi connectivity index (χ4n) is 4.35. The van der Waals surface area contributed by atoms with Crippen LogP contribution in [-0.2, 0) is 6.42 Å². The summed E-state index contributed by atoms with van der Waals surface area (Å²) in [6.07, 6.45) is 4.28. The number of hydrogen-bond acceptors (Lipinski definition) is 2. The van der Waals surface area contributed by atoms with Gasteiger partial charge < -0.3 is 4.98 Å². The Hall–Kier alpha value is -2.30. The first kappa shape index (κ1) is 20.0. The largest absolute Gasteiger partial charge is 0.325 e. The Kier molecular flexibility index (Phi) is 5.93. The van der Waals surface area contributed by atoms with Crippen LogP contribution in [-0.4, -0.2) is 9.97 Å². The number of benzene rings is 2. The zero-order chi connectivity index (χ0) is 20.4. The highest BCUT2D eigenvalue weighted by Gasteiger charge is 2.27. The van der Waals surface area contributed by atoms with Crippen LogP contribution in [0, 0.1) is 0 Å². The van der Waals surface area contributed by atoms with E-state index in [1.54, 1.807) is 12.1 Å². The van der Waals surface area contributed by atoms with E-state index in [1.165, 1.54) is 5.56 Å². The Morgan fingerprint density at radius 1 is 0.862 bits per heavy atom. The molecule has 0 atom stereocenters. The molecule has 0 spiro atoms. The van der Waals surface area contributed by atoms with E-state index in [0.29, 0.717) is 27.9 Å². The lowest BCUT2D eigenvalue weighted by molar-refractivity contribution is 0.388. The van der Waals surface area contributed by atoms with Gasteiger partial charge in [0.2, 0.25) is 0 Å². The summed E-state index contributed by atoms with van der Waals surface area (Å²) < 4.78 is 0. The van der Waals surface area contributed by atoms with E-state index in [4.69, 9.17) is 23.2 Å². The van der Waals surface area contributed by atoms with Crippen LogP contribution in [0.4, 0.5) is 0 Å². The molecule has 0 unspecified atom stereocenters. The third-order valence-corrected chi connectivity index (χ3v) is 6.45. The quantitative estimate of drug-likeness (QED) is 0.583. The molecule has 0 amide bonds. The van der Waals surface area contributed by atoms with Crippen LogP contribution in [0.2, 0.25) is 10.0 Å². The van der Waals surface area contributed by atoms with E-state index in [-0.39, 0.29) is 11.5 Å². The molecule has 1 aromatic heterocycles. The fourth-order valence-corrected chi connectivity index (χ4v) is 4.83. The van der Waals surface area contributed by atoms with E-state index in [9.17, 15) is 9.59 Å². The standard InChI is InChI=1S/C23H22Cl2N2O2/c24-18-11-10-17(20(25)13-18)12-19-21(26-23(29)27-22(19)28)16-8-6-15(7-9-16)14-4-2-1-3-5-14/h1-5,10-11,13,15-16H,6-9,12H2,(H2,26,27,28,29)/t15-,16-. The second-order valence-electron chi connectivity index (χ2n) is 7.67. The first-order valence-electron chi connectivity index (χ1n) is 9.85. The highest BCUT2D eigenvalue weighted by molar-refractivity contribution is 6.35. The molecule has 0 bridgehead atoms. The number of aromatic nitrogens is 2. The molecule has 1 fully saturated rings. The zero-order valence-electron chi connectivity index (χ0n) is 15.9. The second kappa shape index (κ2) is 8.60. The third kappa shape index (κ3) is 4.49. The molecule has 150 valence electrons. The Labute approximate surface area is 178 Å². The summed E-state index contributed by atoms with van der Waals surface area (Å²) in [4.78, 5) is 29.9. The fraction of sp³-hybridized carbons (Fsp3) is 0.304. The maximum absolute atomic E-state index is 12.6. The number of aromatic amines is 2. The van der Waals surface area contributed by atoms with Crippen molar-refractivity contribution in [2.45, 2.75) is 43.9 Å². The predicted molar refractivity (Wildman–Crippen MR) is 117 cm³/mol. The van der Waals surface area contributed by atoms with Crippen molar-refractivity contribution in [3.8, 4) is 0 Å². The summed E-state index contributed by atoms with van der Waals surface area (Å²) in [5.74, 6) is 0.682. The molecule has 4 rings (SSSR count). The van der Waals surface area contributed by atoms with Gasteiger partial charge in [0.1, 0.15) is 0 Å². The molecule has 0 saturated heterocycles. The molecule has 3 aromatic rings. The summed E-state index contributed by atoms with van der Waals surface area (Å²) in [5, 5.41) is 1.07. The Bertz CT molecular complexity index is 1110. The smallest absolute Gasteiger partial charge is 0.311 e. The number of hydrogen-bond donors (Lipinski definition) is 2. The number of nitrogens with one attached hydrogen (secondary N) is 2. The van der Waals surface area contributed by atoms with Gasteiger partial charge in [-0.2, -0.15) is 0 Å². The SMILES string of the molecule is O=c1[nH]c(=O)c(Cc2ccc(Cl)cc2Cl)c([C@H]2CC[C@H](c3ccccc3)CC2)[nH]1. The van der Waals surface area contributed by atoms with Gasteiger partial charge in [0.15, 0.2) is 0 Å². The Balaban J connectivity index is 1.61. The van der Waals surface area contributed by atoms with Crippen molar-refractivity contribution in [1.82, 2.24) is 9.97 Å². The molecule has 2 N–H and O–H groups in total. The zero-order valence-corrected chi connectivity index (χ0v) is 17.4. The van der Waals surface area contributed by atoms with Crippen molar-refractivity contribution in [2.75, 3.05) is 0 Å². The monoisotopic (exact) mass is 428 g/mol. The van der Waals surface area contributed by atoms with E-state index < -0.39 is 5.69 Å². The Morgan fingerprint density at radius 3 is 2.24 bits per heavy atom. The van der Waals surface area contributed by atoms with Gasteiger partial charge in [-0.25, -0.2) is 4.79 Å². The topological polar surface area (TPSA) is 65.7 Å². The van der Waals surface area contributed by atoms with Crippen LogP contribution >= 0.6 is 23.2 Å². The van der Waals surface area contributed by atoms with Crippen molar-refractivity contribution in [2.24, 2.45) is 0 Å². The summed E-state index contributed by atoms with van der Waals surface area (Å²) in [5.41, 5.74) is 2.70. The minimum Gasteiger partial charge on any atom is -0.311 e. The molecule has 1 saturated carbocycles. The molecule has 0 radical (unpaired) electrons. The highest BCUT2D eigenvalue weighted by Crippen LogP contribution is 2.40. The number of halogens is 2. The molecule has 4 nitrogen and oxygen atoms in total. The second-order valence-corrected chi connectivity index (χ2v) is 8.52. The van der Waals surface area contributed by atoms with E-state index in [2.05, 4.69) is 34.2 Å². The van der Waals surface area contributed by atoms with Crippen LogP contribution in [0.1, 0.15) is 59.9 Å². The van der Waals surface area contributed by atoms with E-state index in [1.807, 2.05) is 12.1 Å². The number of rotatable bonds is 4. The molecule has 1 heterocycles. The first-order valence-corrected chi connectivity index (χ1v) is 10.6. The third-order valence-electron chi connectivity index (χ3n) is 5.86. The lowest BCUT2D eigenvalue weighted by Crippen LogP contribution is -2.30. The van der Waals surface area contributed by atoms with Crippen molar-refractivity contribution >= 4 is 23.2 Å². The highest BCUT2D eigenvalue weighted by atomic mass is 35.5. The van der Waals surface area contributed by atoms with Crippen molar-refractivity contribution < 1.29 is 0 Å². The average molecular weight is 429 g/mol. The van der Waals surface area contributed by atoms with Crippen LogP contribution in [0.25, 0.3) is 0 Å². The van der Waals surface area contributed by atoms with Gasteiger partial charge in [-0.3, -0.25) is 9.78 Å². The van der Waals surface area contributed by atoms with Crippen molar-refractivity contribution in [3.05, 3.63) is 102 Å². The molecular formula is C23H22Cl2N2O2. The maximum atomic E-state index is 12.6. The van der Waals surface area contributed by atoms with Crippen molar-refractivity contribution in [1.29, 1.82) is 0 Å². The minimum atomic E-state index is -0.457. The lowest BCUT2D eigenvalue weighted by Gasteiger charge is -2.29. The molecule has 1 aliphatic carbocycles. The van der Waals surface area contributed by atoms with Gasteiger partial charge in [-0.1, -0.05) is 59.6 Å². The van der Waals surface area contributed by atoms with Crippen LogP contribution < -0.4 is 11.2 Å². The van der Waals surface area contributed by atoms with Crippen LogP contribution in [0.15, 0.2) is 58.1 Å². The summed E-state index contributed by atoms with van der Waals surface area (Å²) in [7, 11) is 0. The average Bonchev–Trinajstić information content (AvgIpc) is 2.72. The molecule has 29 heavy (non-hydrogen) atoms.